The maximum Gasteiger partial charge on any atom is 0.148 e. The number of hydrogen-bond donors (Lipinski definition) is 0. The van der Waals surface area contributed by atoms with E-state index in [2.05, 4.69) is 211 Å². The zero-order valence-electron chi connectivity index (χ0n) is 35.8. The lowest BCUT2D eigenvalue weighted by Crippen LogP contribution is -2.07. The summed E-state index contributed by atoms with van der Waals surface area (Å²) in [6.07, 6.45) is 8.43. The summed E-state index contributed by atoms with van der Waals surface area (Å²) in [6, 6.07) is 60.7. The number of fused-ring (bicyclic) bond motifs is 10. The fraction of sp³-hybridized carbons (Fsp3) is 0.0678. The average molecular weight is 822 g/mol. The van der Waals surface area contributed by atoms with E-state index >= 15 is 0 Å². The van der Waals surface area contributed by atoms with Crippen LogP contribution in [0.1, 0.15) is 35.7 Å². The predicted molar refractivity (Wildman–Crippen MR) is 267 cm³/mol. The van der Waals surface area contributed by atoms with Crippen molar-refractivity contribution in [3.05, 3.63) is 217 Å². The first kappa shape index (κ1) is 37.6. The molecule has 11 aromatic rings. The van der Waals surface area contributed by atoms with Crippen LogP contribution in [-0.2, 0) is 6.42 Å². The van der Waals surface area contributed by atoms with Crippen LogP contribution >= 0.6 is 0 Å². The summed E-state index contributed by atoms with van der Waals surface area (Å²) in [6.45, 7) is 8.94. The van der Waals surface area contributed by atoms with Crippen LogP contribution in [-0.4, -0.2) is 23.9 Å². The van der Waals surface area contributed by atoms with E-state index in [9.17, 15) is 0 Å². The molecule has 64 heavy (non-hydrogen) atoms. The predicted octanol–water partition coefficient (Wildman–Crippen LogP) is 14.9. The minimum Gasteiger partial charge on any atom is -0.292 e. The topological polar surface area (TPSA) is 48.0 Å². The fourth-order valence-corrected chi connectivity index (χ4v) is 9.68. The highest BCUT2D eigenvalue weighted by Gasteiger charge is 2.27. The lowest BCUT2D eigenvalue weighted by atomic mass is 9.87. The molecule has 0 unspecified atom stereocenters. The molecule has 8 aromatic carbocycles. The van der Waals surface area contributed by atoms with Gasteiger partial charge < -0.3 is 0 Å². The van der Waals surface area contributed by atoms with Gasteiger partial charge >= 0.3 is 0 Å². The van der Waals surface area contributed by atoms with Crippen LogP contribution in [0.4, 0.5) is 0 Å². The van der Waals surface area contributed by atoms with Crippen LogP contribution < -0.4 is 0 Å². The SMILES string of the molecule is C=C(c1ccc2cc(-c3ccc4cc(-c5nc6ccccc6c6nc7c(n56)C/C(=C\C=C/CC)c5ccccc5-7)ccc4c3)ccc2c1)n1c(-c2ccccc2C)nc2ccccc21. The number of imidazole rings is 2. The van der Waals surface area contributed by atoms with Gasteiger partial charge in [0.05, 0.1) is 27.9 Å². The molecule has 12 rings (SSSR count). The van der Waals surface area contributed by atoms with E-state index in [1.807, 2.05) is 6.07 Å². The molecule has 5 nitrogen and oxygen atoms in total. The number of hydrogen-bond acceptors (Lipinski definition) is 3. The van der Waals surface area contributed by atoms with Crippen molar-refractivity contribution in [2.45, 2.75) is 26.7 Å². The van der Waals surface area contributed by atoms with Gasteiger partial charge in [-0.15, -0.1) is 0 Å². The molecule has 0 bridgehead atoms. The lowest BCUT2D eigenvalue weighted by molar-refractivity contribution is 1.03. The monoisotopic (exact) mass is 821 g/mol. The van der Waals surface area contributed by atoms with Crippen LogP contribution in [0.2, 0.25) is 0 Å². The molecule has 3 heterocycles. The molecule has 1 aliphatic carbocycles. The molecule has 0 saturated heterocycles. The molecule has 5 heteroatoms. The molecule has 0 amide bonds. The number of para-hydroxylation sites is 3. The number of aromatic nitrogens is 5. The second-order valence-corrected chi connectivity index (χ2v) is 16.8. The highest BCUT2D eigenvalue weighted by atomic mass is 15.1. The standard InChI is InChI=1S/C59H43N5/c1-4-5-6-16-46-36-55-56(50-19-10-9-18-49(46)50)62-59-51-20-11-12-21-52(51)60-57(64(55)59)47-31-30-44-34-43(28-29-45(44)35-47)42-27-26-40-32-39(24-25-41(40)33-42)38(3)63-54-23-14-13-22-53(54)61-58(63)48-17-8-7-15-37(48)2/h5-35H,3-4,36H2,1-2H3/b6-5-,46-16+. The third kappa shape index (κ3) is 6.11. The highest BCUT2D eigenvalue weighted by Crippen LogP contribution is 2.42. The Hall–Kier alpha value is -8.15. The molecular weight excluding hydrogens is 779 g/mol. The number of rotatable bonds is 7. The summed E-state index contributed by atoms with van der Waals surface area (Å²) in [5.74, 6) is 1.80. The minimum atomic E-state index is 0.768. The molecule has 0 N–H and O–H groups in total. The minimum absolute atomic E-state index is 0.768. The van der Waals surface area contributed by atoms with E-state index in [1.165, 1.54) is 49.9 Å². The van der Waals surface area contributed by atoms with E-state index in [0.29, 0.717) is 0 Å². The van der Waals surface area contributed by atoms with Gasteiger partial charge in [0, 0.05) is 34.2 Å². The smallest absolute Gasteiger partial charge is 0.148 e. The van der Waals surface area contributed by atoms with E-state index in [1.54, 1.807) is 0 Å². The van der Waals surface area contributed by atoms with E-state index in [0.717, 1.165) is 90.9 Å². The number of allylic oxidation sites excluding steroid dienone is 4. The summed E-state index contributed by atoms with van der Waals surface area (Å²) in [7, 11) is 0. The first-order valence-electron chi connectivity index (χ1n) is 22.1. The summed E-state index contributed by atoms with van der Waals surface area (Å²) in [5.41, 5.74) is 17.4. The van der Waals surface area contributed by atoms with Crippen molar-refractivity contribution in [3.8, 4) is 45.2 Å². The van der Waals surface area contributed by atoms with Crippen molar-refractivity contribution in [1.29, 1.82) is 0 Å². The van der Waals surface area contributed by atoms with Gasteiger partial charge in [0.25, 0.3) is 0 Å². The lowest BCUT2D eigenvalue weighted by Gasteiger charge is -2.20. The highest BCUT2D eigenvalue weighted by molar-refractivity contribution is 5.99. The zero-order valence-corrected chi connectivity index (χ0v) is 35.8. The van der Waals surface area contributed by atoms with Gasteiger partial charge in [-0.3, -0.25) is 8.97 Å². The van der Waals surface area contributed by atoms with E-state index in [4.69, 9.17) is 15.0 Å². The quantitative estimate of drug-likeness (QED) is 0.161. The van der Waals surface area contributed by atoms with Crippen molar-refractivity contribution in [1.82, 2.24) is 23.9 Å². The molecule has 0 atom stereocenters. The van der Waals surface area contributed by atoms with Crippen LogP contribution in [0.15, 0.2) is 195 Å². The molecule has 0 aliphatic heterocycles. The van der Waals surface area contributed by atoms with Crippen LogP contribution in [0.3, 0.4) is 0 Å². The molecule has 0 fully saturated rings. The van der Waals surface area contributed by atoms with Gasteiger partial charge in [-0.25, -0.2) is 15.0 Å². The Kier molecular flexibility index (Phi) is 8.83. The maximum absolute atomic E-state index is 5.39. The van der Waals surface area contributed by atoms with Crippen molar-refractivity contribution in [2.75, 3.05) is 0 Å². The van der Waals surface area contributed by atoms with Gasteiger partial charge in [0.2, 0.25) is 0 Å². The molecule has 3 aromatic heterocycles. The van der Waals surface area contributed by atoms with Gasteiger partial charge in [0.15, 0.2) is 0 Å². The van der Waals surface area contributed by atoms with E-state index < -0.39 is 0 Å². The first-order valence-corrected chi connectivity index (χ1v) is 22.1. The van der Waals surface area contributed by atoms with Crippen molar-refractivity contribution in [3.63, 3.8) is 0 Å². The van der Waals surface area contributed by atoms with Crippen molar-refractivity contribution >= 4 is 60.4 Å². The summed E-state index contributed by atoms with van der Waals surface area (Å²) in [4.78, 5) is 15.8. The summed E-state index contributed by atoms with van der Waals surface area (Å²) in [5, 5.41) is 5.73. The Morgan fingerprint density at radius 1 is 0.594 bits per heavy atom. The Morgan fingerprint density at radius 3 is 1.97 bits per heavy atom. The Labute approximate surface area is 371 Å². The number of nitrogens with zero attached hydrogens (tertiary/aromatic N) is 5. The normalized spacial score (nSPS) is 13.2. The molecule has 0 spiro atoms. The summed E-state index contributed by atoms with van der Waals surface area (Å²) < 4.78 is 4.52. The second kappa shape index (κ2) is 15.0. The second-order valence-electron chi connectivity index (χ2n) is 16.8. The molecular formula is C59H43N5. The maximum atomic E-state index is 5.39. The van der Waals surface area contributed by atoms with Crippen molar-refractivity contribution in [2.24, 2.45) is 0 Å². The van der Waals surface area contributed by atoms with E-state index in [-0.39, 0.29) is 0 Å². The Balaban J connectivity index is 0.904. The zero-order chi connectivity index (χ0) is 42.9. The third-order valence-electron chi connectivity index (χ3n) is 12.9. The first-order chi connectivity index (χ1) is 31.5. The van der Waals surface area contributed by atoms with Gasteiger partial charge in [-0.1, -0.05) is 153 Å². The molecule has 1 aliphatic rings. The van der Waals surface area contributed by atoms with Crippen LogP contribution in [0.25, 0.3) is 106 Å². The molecule has 0 saturated carbocycles. The van der Waals surface area contributed by atoms with Gasteiger partial charge in [0.1, 0.15) is 17.3 Å². The van der Waals surface area contributed by atoms with Crippen LogP contribution in [0, 0.1) is 6.92 Å². The van der Waals surface area contributed by atoms with Crippen LogP contribution in [0.5, 0.6) is 0 Å². The Morgan fingerprint density at radius 2 is 1.20 bits per heavy atom. The largest absolute Gasteiger partial charge is 0.292 e. The Bertz CT molecular complexity index is 3780. The fourth-order valence-electron chi connectivity index (χ4n) is 9.68. The van der Waals surface area contributed by atoms with Gasteiger partial charge in [-0.05, 0) is 117 Å². The number of aryl methyl sites for hydroxylation is 1. The molecule has 0 radical (unpaired) electrons. The number of benzene rings is 8. The van der Waals surface area contributed by atoms with Crippen molar-refractivity contribution < 1.29 is 0 Å². The molecule has 304 valence electrons. The third-order valence-corrected chi connectivity index (χ3v) is 12.9. The summed E-state index contributed by atoms with van der Waals surface area (Å²) >= 11 is 0. The van der Waals surface area contributed by atoms with Gasteiger partial charge in [-0.2, -0.15) is 0 Å². The average Bonchev–Trinajstić information content (AvgIpc) is 3.93.